The van der Waals surface area contributed by atoms with Crippen molar-refractivity contribution in [2.45, 2.75) is 56.7 Å². The molecule has 0 unspecified atom stereocenters. The van der Waals surface area contributed by atoms with Crippen molar-refractivity contribution in [3.05, 3.63) is 52.0 Å². The Labute approximate surface area is 297 Å². The summed E-state index contributed by atoms with van der Waals surface area (Å²) in [5.74, 6) is -0.314. The number of amides is 4. The number of aromatic hydroxyl groups is 1. The molecule has 0 saturated carbocycles. The monoisotopic (exact) mass is 736 g/mol. The lowest BCUT2D eigenvalue weighted by Gasteiger charge is -2.43. The number of urea groups is 1. The average Bonchev–Trinajstić information content (AvgIpc) is 3.28. The Morgan fingerprint density at radius 3 is 2.31 bits per heavy atom. The van der Waals surface area contributed by atoms with E-state index in [1.807, 2.05) is 29.2 Å². The van der Waals surface area contributed by atoms with E-state index in [4.69, 9.17) is 12.6 Å². The standard InChI is InChI=1S/C35H46BBrN6O6/c36-28-21-24(22-29(37)32(28)45)23-31(33(46)41-10-6-26(7-11-41)40-17-15-39(16-18-40)19-20-44)49-35(48)42-12-8-27(9-13-42)43-14-5-25-3-1-2-4-30(25)38-34(43)47/h1-4,21-22,26-27,31,44-45H,5-20,23H2,(H,38,47)/t31-/m1/s1. The Bertz CT molecular complexity index is 1470. The summed E-state index contributed by atoms with van der Waals surface area (Å²) < 4.78 is 6.41. The van der Waals surface area contributed by atoms with Gasteiger partial charge in [0.05, 0.1) is 11.1 Å². The summed E-state index contributed by atoms with van der Waals surface area (Å²) in [5.41, 5.74) is 2.79. The van der Waals surface area contributed by atoms with Gasteiger partial charge in [0, 0.05) is 89.6 Å². The second-order valence-electron chi connectivity index (χ2n) is 13.5. The number of rotatable bonds is 8. The molecule has 0 aliphatic carbocycles. The predicted molar refractivity (Wildman–Crippen MR) is 190 cm³/mol. The molecule has 4 heterocycles. The molecule has 12 nitrogen and oxygen atoms in total. The van der Waals surface area contributed by atoms with Crippen LogP contribution in [0.15, 0.2) is 40.9 Å². The quantitative estimate of drug-likeness (QED) is 0.352. The highest BCUT2D eigenvalue weighted by molar-refractivity contribution is 9.10. The van der Waals surface area contributed by atoms with Gasteiger partial charge >= 0.3 is 12.1 Å². The fourth-order valence-corrected chi connectivity index (χ4v) is 8.16. The first-order chi connectivity index (χ1) is 23.7. The molecule has 3 saturated heterocycles. The molecule has 0 spiro atoms. The third-order valence-corrected chi connectivity index (χ3v) is 11.1. The van der Waals surface area contributed by atoms with E-state index in [-0.39, 0.29) is 42.2 Å². The number of aliphatic hydroxyl groups is 1. The summed E-state index contributed by atoms with van der Waals surface area (Å²) in [6.07, 6.45) is 2.17. The molecule has 0 aromatic heterocycles. The highest BCUT2D eigenvalue weighted by Crippen LogP contribution is 2.27. The minimum Gasteiger partial charge on any atom is -0.507 e. The van der Waals surface area contributed by atoms with Crippen molar-refractivity contribution >= 4 is 53.0 Å². The number of nitrogens with zero attached hydrogens (tertiary/aromatic N) is 5. The van der Waals surface area contributed by atoms with Crippen LogP contribution >= 0.6 is 15.9 Å². The van der Waals surface area contributed by atoms with E-state index < -0.39 is 12.2 Å². The molecule has 0 bridgehead atoms. The van der Waals surface area contributed by atoms with E-state index in [1.165, 1.54) is 0 Å². The van der Waals surface area contributed by atoms with Crippen LogP contribution in [0.5, 0.6) is 5.75 Å². The van der Waals surface area contributed by atoms with E-state index in [1.54, 1.807) is 21.9 Å². The summed E-state index contributed by atoms with van der Waals surface area (Å²) >= 11 is 3.33. The van der Waals surface area contributed by atoms with Crippen LogP contribution in [-0.2, 0) is 22.4 Å². The average molecular weight is 738 g/mol. The number of carbonyl (C=O) groups is 3. The van der Waals surface area contributed by atoms with Crippen LogP contribution in [0.1, 0.15) is 36.8 Å². The first kappa shape index (κ1) is 35.5. The number of halogens is 1. The Kier molecular flexibility index (Phi) is 11.7. The molecule has 49 heavy (non-hydrogen) atoms. The van der Waals surface area contributed by atoms with Gasteiger partial charge in [-0.05, 0) is 71.3 Å². The fraction of sp³-hybridized carbons (Fsp3) is 0.571. The second kappa shape index (κ2) is 16.1. The van der Waals surface area contributed by atoms with Gasteiger partial charge in [-0.15, -0.1) is 0 Å². The minimum atomic E-state index is -1.06. The number of anilines is 1. The highest BCUT2D eigenvalue weighted by Gasteiger charge is 2.36. The van der Waals surface area contributed by atoms with Crippen molar-refractivity contribution in [3.63, 3.8) is 0 Å². The summed E-state index contributed by atoms with van der Waals surface area (Å²) in [7, 11) is 6.02. The molecule has 2 aromatic carbocycles. The fourth-order valence-electron chi connectivity index (χ4n) is 7.63. The van der Waals surface area contributed by atoms with Crippen LogP contribution in [0, 0.1) is 0 Å². The second-order valence-corrected chi connectivity index (χ2v) is 14.4. The van der Waals surface area contributed by atoms with Crippen molar-refractivity contribution in [1.29, 1.82) is 0 Å². The number of piperidine rings is 2. The van der Waals surface area contributed by atoms with Gasteiger partial charge in [-0.1, -0.05) is 29.7 Å². The third-order valence-electron chi connectivity index (χ3n) is 10.5. The maximum Gasteiger partial charge on any atom is 0.410 e. The van der Waals surface area contributed by atoms with Gasteiger partial charge in [0.1, 0.15) is 13.6 Å². The molecular formula is C35H46BBrN6O6. The molecule has 4 amide bonds. The van der Waals surface area contributed by atoms with E-state index >= 15 is 0 Å². The number of carbonyl (C=O) groups excluding carboxylic acids is 3. The Hall–Kier alpha value is -3.33. The van der Waals surface area contributed by atoms with Crippen LogP contribution in [0.2, 0.25) is 0 Å². The number of likely N-dealkylation sites (tertiary alicyclic amines) is 2. The third kappa shape index (κ3) is 8.53. The number of phenolic OH excluding ortho intramolecular Hbond substituents is 1. The van der Waals surface area contributed by atoms with Crippen molar-refractivity contribution in [3.8, 4) is 5.75 Å². The number of ether oxygens (including phenoxy) is 1. The number of para-hydroxylation sites is 1. The van der Waals surface area contributed by atoms with Gasteiger partial charge in [0.2, 0.25) is 0 Å². The van der Waals surface area contributed by atoms with Gasteiger partial charge in [0.25, 0.3) is 5.91 Å². The first-order valence-electron chi connectivity index (χ1n) is 17.4. The van der Waals surface area contributed by atoms with E-state index in [0.29, 0.717) is 68.2 Å². The van der Waals surface area contributed by atoms with Crippen molar-refractivity contribution in [2.24, 2.45) is 0 Å². The molecule has 4 aliphatic rings. The van der Waals surface area contributed by atoms with E-state index in [0.717, 1.165) is 56.7 Å². The lowest BCUT2D eigenvalue weighted by atomic mass is 9.91. The topological polar surface area (TPSA) is 129 Å². The number of hydrogen-bond acceptors (Lipinski definition) is 8. The minimum absolute atomic E-state index is 0.00735. The number of β-amino-alcohol motifs (C(OH)–C–C–N with tert-alkyl or cyclic N) is 1. The zero-order valence-corrected chi connectivity index (χ0v) is 29.5. The van der Waals surface area contributed by atoms with Crippen LogP contribution in [0.3, 0.4) is 0 Å². The zero-order chi connectivity index (χ0) is 34.5. The smallest absolute Gasteiger partial charge is 0.410 e. The van der Waals surface area contributed by atoms with Gasteiger partial charge in [-0.3, -0.25) is 14.6 Å². The summed E-state index contributed by atoms with van der Waals surface area (Å²) in [5, 5.41) is 22.5. The lowest BCUT2D eigenvalue weighted by Crippen LogP contribution is -2.55. The summed E-state index contributed by atoms with van der Waals surface area (Å²) in [4.78, 5) is 50.8. The normalized spacial score (nSPS) is 20.8. The molecular weight excluding hydrogens is 691 g/mol. The molecule has 3 fully saturated rings. The number of piperazine rings is 1. The van der Waals surface area contributed by atoms with Gasteiger partial charge < -0.3 is 35.0 Å². The van der Waals surface area contributed by atoms with Crippen LogP contribution < -0.4 is 10.8 Å². The van der Waals surface area contributed by atoms with Gasteiger partial charge in [-0.25, -0.2) is 9.59 Å². The molecule has 14 heteroatoms. The SMILES string of the molecule is [B]c1cc(C[C@@H](OC(=O)N2CCC(N3CCc4ccccc4NC3=O)CC2)C(=O)N2CCC(N3CCN(CCO)CC3)CC2)cc(Br)c1O. The first-order valence-corrected chi connectivity index (χ1v) is 18.2. The van der Waals surface area contributed by atoms with Crippen molar-refractivity contribution < 1.29 is 29.3 Å². The van der Waals surface area contributed by atoms with E-state index in [2.05, 4.69) is 31.0 Å². The van der Waals surface area contributed by atoms with Crippen LogP contribution in [0.4, 0.5) is 15.3 Å². The van der Waals surface area contributed by atoms with Gasteiger partial charge in [-0.2, -0.15) is 0 Å². The molecule has 3 N–H and O–H groups in total. The Morgan fingerprint density at radius 1 is 0.939 bits per heavy atom. The molecule has 2 radical (unpaired) electrons. The number of fused-ring (bicyclic) bond motifs is 1. The maximum absolute atomic E-state index is 14.0. The maximum atomic E-state index is 14.0. The zero-order valence-electron chi connectivity index (χ0n) is 27.9. The lowest BCUT2D eigenvalue weighted by molar-refractivity contribution is -0.142. The molecule has 4 aliphatic heterocycles. The molecule has 6 rings (SSSR count). The summed E-state index contributed by atoms with van der Waals surface area (Å²) in [6.45, 7) is 7.21. The number of hydrogen-bond donors (Lipinski definition) is 3. The van der Waals surface area contributed by atoms with Crippen LogP contribution in [-0.4, -0.2) is 151 Å². The van der Waals surface area contributed by atoms with E-state index in [9.17, 15) is 24.6 Å². The predicted octanol–water partition coefficient (Wildman–Crippen LogP) is 2.15. The molecule has 2 aromatic rings. The molecule has 262 valence electrons. The number of benzene rings is 2. The number of aliphatic hydroxyl groups excluding tert-OH is 1. The Balaban J connectivity index is 1.07. The van der Waals surface area contributed by atoms with Crippen LogP contribution in [0.25, 0.3) is 0 Å². The number of phenols is 1. The molecule has 1 atom stereocenters. The van der Waals surface area contributed by atoms with Crippen molar-refractivity contribution in [1.82, 2.24) is 24.5 Å². The van der Waals surface area contributed by atoms with Crippen molar-refractivity contribution in [2.75, 3.05) is 77.4 Å². The Morgan fingerprint density at radius 2 is 1.61 bits per heavy atom. The summed E-state index contributed by atoms with van der Waals surface area (Å²) in [6, 6.07) is 11.4. The number of nitrogens with one attached hydrogen (secondary N) is 1. The largest absolute Gasteiger partial charge is 0.507 e. The highest BCUT2D eigenvalue weighted by atomic mass is 79.9. The van der Waals surface area contributed by atoms with Gasteiger partial charge in [0.15, 0.2) is 6.10 Å².